The number of halogens is 2. The molecule has 3 rings (SSSR count). The van der Waals surface area contributed by atoms with Crippen LogP contribution in [-0.4, -0.2) is 63.7 Å². The summed E-state index contributed by atoms with van der Waals surface area (Å²) in [6.07, 6.45) is 1.77. The van der Waals surface area contributed by atoms with E-state index in [2.05, 4.69) is 5.32 Å². The molecule has 0 aliphatic carbocycles. The van der Waals surface area contributed by atoms with Gasteiger partial charge >= 0.3 is 0 Å². The van der Waals surface area contributed by atoms with Crippen molar-refractivity contribution < 1.29 is 27.5 Å². The van der Waals surface area contributed by atoms with Gasteiger partial charge in [-0.1, -0.05) is 50.0 Å². The standard InChI is InChI=1S/C28H37Cl2N3O6S/c1-5-24(28(35)31-17-19(2)3)32(18-20-8-9-21(29)15-23(20)30)27(34)7-6-12-33(40(4,36)37)22-10-11-25-26(16-22)39-14-13-38-25/h8-11,15-16,19,24H,5-7,12-14,17-18H2,1-4H3,(H,31,35). The smallest absolute Gasteiger partial charge is 0.242 e. The van der Waals surface area contributed by atoms with E-state index in [9.17, 15) is 18.0 Å². The molecule has 2 aromatic rings. The van der Waals surface area contributed by atoms with E-state index < -0.39 is 16.1 Å². The molecule has 40 heavy (non-hydrogen) atoms. The van der Waals surface area contributed by atoms with Crippen molar-refractivity contribution in [3.05, 3.63) is 52.0 Å². The van der Waals surface area contributed by atoms with E-state index in [1.54, 1.807) is 36.4 Å². The van der Waals surface area contributed by atoms with E-state index in [4.69, 9.17) is 32.7 Å². The van der Waals surface area contributed by atoms with Crippen LogP contribution in [0.3, 0.4) is 0 Å². The number of nitrogens with one attached hydrogen (secondary N) is 1. The van der Waals surface area contributed by atoms with Gasteiger partial charge in [0.25, 0.3) is 0 Å². The Morgan fingerprint density at radius 1 is 1.05 bits per heavy atom. The Balaban J connectivity index is 1.79. The Bertz CT molecular complexity index is 1300. The minimum atomic E-state index is -3.65. The molecule has 0 aromatic heterocycles. The predicted molar refractivity (Wildman–Crippen MR) is 158 cm³/mol. The third kappa shape index (κ3) is 8.65. The number of carbonyl (C=O) groups is 2. The summed E-state index contributed by atoms with van der Waals surface area (Å²) < 4.78 is 37.7. The van der Waals surface area contributed by atoms with E-state index in [-0.39, 0.29) is 43.7 Å². The second-order valence-electron chi connectivity index (χ2n) is 10.1. The van der Waals surface area contributed by atoms with Gasteiger partial charge in [-0.05, 0) is 48.6 Å². The van der Waals surface area contributed by atoms with Crippen LogP contribution in [0.2, 0.25) is 10.0 Å². The Kier molecular flexibility index (Phi) is 11.4. The molecule has 1 aliphatic heterocycles. The van der Waals surface area contributed by atoms with Gasteiger partial charge in [0.05, 0.1) is 11.9 Å². The topological polar surface area (TPSA) is 105 Å². The number of hydrogen-bond donors (Lipinski definition) is 1. The zero-order valence-electron chi connectivity index (χ0n) is 23.3. The second-order valence-corrected chi connectivity index (χ2v) is 12.8. The monoisotopic (exact) mass is 613 g/mol. The summed E-state index contributed by atoms with van der Waals surface area (Å²) in [6.45, 7) is 7.29. The first-order valence-electron chi connectivity index (χ1n) is 13.3. The molecule has 2 amide bonds. The molecule has 2 aromatic carbocycles. The third-order valence-electron chi connectivity index (χ3n) is 6.39. The second kappa shape index (κ2) is 14.3. The number of amides is 2. The predicted octanol–water partition coefficient (Wildman–Crippen LogP) is 4.89. The number of ether oxygens (including phenoxy) is 2. The summed E-state index contributed by atoms with van der Waals surface area (Å²) >= 11 is 12.5. The van der Waals surface area contributed by atoms with Crippen molar-refractivity contribution in [1.82, 2.24) is 10.2 Å². The Hall–Kier alpha value is -2.69. The fraction of sp³-hybridized carbons (Fsp3) is 0.500. The van der Waals surface area contributed by atoms with Crippen molar-refractivity contribution in [3.8, 4) is 11.5 Å². The number of nitrogens with zero attached hydrogens (tertiary/aromatic N) is 2. The lowest BCUT2D eigenvalue weighted by Gasteiger charge is -2.31. The molecular weight excluding hydrogens is 577 g/mol. The Morgan fingerprint density at radius 3 is 2.38 bits per heavy atom. The minimum Gasteiger partial charge on any atom is -0.486 e. The average Bonchev–Trinajstić information content (AvgIpc) is 2.89. The number of carbonyl (C=O) groups excluding carboxylic acids is 2. The maximum atomic E-state index is 13.6. The van der Waals surface area contributed by atoms with Crippen LogP contribution in [0.5, 0.6) is 11.5 Å². The molecule has 0 fully saturated rings. The van der Waals surface area contributed by atoms with E-state index in [0.717, 1.165) is 6.26 Å². The van der Waals surface area contributed by atoms with Crippen LogP contribution < -0.4 is 19.1 Å². The van der Waals surface area contributed by atoms with E-state index in [1.165, 1.54) is 9.21 Å². The molecule has 220 valence electrons. The average molecular weight is 615 g/mol. The number of rotatable bonds is 13. The zero-order valence-corrected chi connectivity index (χ0v) is 25.6. The van der Waals surface area contributed by atoms with Crippen LogP contribution >= 0.6 is 23.2 Å². The first-order chi connectivity index (χ1) is 18.9. The van der Waals surface area contributed by atoms with Crippen LogP contribution in [0.15, 0.2) is 36.4 Å². The van der Waals surface area contributed by atoms with E-state index in [0.29, 0.717) is 59.0 Å². The molecule has 0 bridgehead atoms. The summed E-state index contributed by atoms with van der Waals surface area (Å²) in [5.41, 5.74) is 1.08. The third-order valence-corrected chi connectivity index (χ3v) is 8.17. The molecule has 1 atom stereocenters. The van der Waals surface area contributed by atoms with Crippen molar-refractivity contribution in [1.29, 1.82) is 0 Å². The van der Waals surface area contributed by atoms with Gasteiger partial charge in [-0.3, -0.25) is 13.9 Å². The molecule has 0 saturated heterocycles. The fourth-order valence-corrected chi connectivity index (χ4v) is 5.79. The number of benzene rings is 2. The zero-order chi connectivity index (χ0) is 29.4. The van der Waals surface area contributed by atoms with Gasteiger partial charge < -0.3 is 19.7 Å². The van der Waals surface area contributed by atoms with Crippen molar-refractivity contribution in [2.24, 2.45) is 5.92 Å². The molecule has 1 aliphatic rings. The molecular formula is C28H37Cl2N3O6S. The lowest BCUT2D eigenvalue weighted by molar-refractivity contribution is -0.141. The van der Waals surface area contributed by atoms with E-state index >= 15 is 0 Å². The van der Waals surface area contributed by atoms with Gasteiger partial charge in [0.2, 0.25) is 21.8 Å². The molecule has 0 saturated carbocycles. The maximum absolute atomic E-state index is 13.6. The lowest BCUT2D eigenvalue weighted by Crippen LogP contribution is -2.49. The van der Waals surface area contributed by atoms with Gasteiger partial charge in [0.1, 0.15) is 19.3 Å². The molecule has 1 N–H and O–H groups in total. The van der Waals surface area contributed by atoms with Crippen LogP contribution in [0, 0.1) is 5.92 Å². The number of hydrogen-bond acceptors (Lipinski definition) is 6. The van der Waals surface area contributed by atoms with E-state index in [1.807, 2.05) is 20.8 Å². The number of anilines is 1. The molecule has 1 unspecified atom stereocenters. The first-order valence-corrected chi connectivity index (χ1v) is 15.9. The normalized spacial score (nSPS) is 13.6. The van der Waals surface area contributed by atoms with Crippen LogP contribution in [0.25, 0.3) is 0 Å². The van der Waals surface area contributed by atoms with Crippen LogP contribution in [-0.2, 0) is 26.2 Å². The van der Waals surface area contributed by atoms with Crippen LogP contribution in [0.1, 0.15) is 45.6 Å². The van der Waals surface area contributed by atoms with Gasteiger partial charge in [0.15, 0.2) is 11.5 Å². The van der Waals surface area contributed by atoms with Crippen molar-refractivity contribution in [2.45, 2.75) is 52.6 Å². The Morgan fingerprint density at radius 2 is 1.75 bits per heavy atom. The minimum absolute atomic E-state index is 0.0236. The van der Waals surface area contributed by atoms with Crippen LogP contribution in [0.4, 0.5) is 5.69 Å². The van der Waals surface area contributed by atoms with Gasteiger partial charge in [-0.25, -0.2) is 8.42 Å². The van der Waals surface area contributed by atoms with Gasteiger partial charge in [-0.15, -0.1) is 0 Å². The highest BCUT2D eigenvalue weighted by atomic mass is 35.5. The fourth-order valence-electron chi connectivity index (χ4n) is 4.37. The summed E-state index contributed by atoms with van der Waals surface area (Å²) in [7, 11) is -3.65. The molecule has 12 heteroatoms. The SMILES string of the molecule is CCC(C(=O)NCC(C)C)N(Cc1ccc(Cl)cc1Cl)C(=O)CCCN(c1ccc2c(c1)OCCO2)S(C)(=O)=O. The summed E-state index contributed by atoms with van der Waals surface area (Å²) in [6, 6.07) is 9.24. The Labute approximate surface area is 246 Å². The maximum Gasteiger partial charge on any atom is 0.242 e. The van der Waals surface area contributed by atoms with Gasteiger partial charge in [-0.2, -0.15) is 0 Å². The highest BCUT2D eigenvalue weighted by molar-refractivity contribution is 7.92. The number of fused-ring (bicyclic) bond motifs is 1. The summed E-state index contributed by atoms with van der Waals surface area (Å²) in [5, 5.41) is 3.78. The van der Waals surface area contributed by atoms with Crippen molar-refractivity contribution in [2.75, 3.05) is 36.9 Å². The largest absolute Gasteiger partial charge is 0.486 e. The molecule has 1 heterocycles. The highest BCUT2D eigenvalue weighted by Crippen LogP contribution is 2.35. The van der Waals surface area contributed by atoms with Crippen molar-refractivity contribution in [3.63, 3.8) is 0 Å². The van der Waals surface area contributed by atoms with Gasteiger partial charge in [0, 0.05) is 42.2 Å². The lowest BCUT2D eigenvalue weighted by atomic mass is 10.1. The van der Waals surface area contributed by atoms with Crippen molar-refractivity contribution >= 4 is 50.7 Å². The molecule has 0 radical (unpaired) electrons. The highest BCUT2D eigenvalue weighted by Gasteiger charge is 2.29. The summed E-state index contributed by atoms with van der Waals surface area (Å²) in [5.74, 6) is 0.741. The molecule has 0 spiro atoms. The summed E-state index contributed by atoms with van der Waals surface area (Å²) in [4.78, 5) is 28.2. The first kappa shape index (κ1) is 31.8. The quantitative estimate of drug-likeness (QED) is 0.345. The molecule has 9 nitrogen and oxygen atoms in total. The number of sulfonamides is 1.